The van der Waals surface area contributed by atoms with E-state index in [0.29, 0.717) is 0 Å². The van der Waals surface area contributed by atoms with Crippen LogP contribution < -0.4 is 5.73 Å². The second-order valence-electron chi connectivity index (χ2n) is 5.39. The van der Waals surface area contributed by atoms with Crippen LogP contribution in [-0.4, -0.2) is 54.1 Å². The molecule has 2 aromatic rings. The second-order valence-corrected chi connectivity index (χ2v) is 5.39. The van der Waals surface area contributed by atoms with Crippen molar-refractivity contribution >= 4 is 12.4 Å². The molecular formula is C16H23ClN4O. The average Bonchev–Trinajstić information content (AvgIpc) is 2.99. The highest BCUT2D eigenvalue weighted by Gasteiger charge is 2.18. The zero-order chi connectivity index (χ0) is 14.5. The van der Waals surface area contributed by atoms with Crippen LogP contribution in [0.3, 0.4) is 0 Å². The van der Waals surface area contributed by atoms with Crippen molar-refractivity contribution in [2.24, 2.45) is 5.73 Å². The standard InChI is InChI=1S/C16H22N4O.ClH/c17-6-7-19-8-10-20(11-9-19)13-16-18-12-15(21-16)14-4-2-1-3-5-14;/h1-5,12H,6-11,13,17H2;1H. The summed E-state index contributed by atoms with van der Waals surface area (Å²) in [6, 6.07) is 10.1. The molecule has 2 N–H and O–H groups in total. The minimum atomic E-state index is 0. The molecule has 0 radical (unpaired) electrons. The van der Waals surface area contributed by atoms with Crippen molar-refractivity contribution in [2.45, 2.75) is 6.54 Å². The lowest BCUT2D eigenvalue weighted by Gasteiger charge is -2.33. The van der Waals surface area contributed by atoms with Crippen molar-refractivity contribution in [3.05, 3.63) is 42.4 Å². The number of hydrogen-bond donors (Lipinski definition) is 1. The summed E-state index contributed by atoms with van der Waals surface area (Å²) in [7, 11) is 0. The maximum Gasteiger partial charge on any atom is 0.209 e. The Balaban J connectivity index is 0.00000176. The highest BCUT2D eigenvalue weighted by atomic mass is 35.5. The van der Waals surface area contributed by atoms with Crippen LogP contribution in [-0.2, 0) is 6.54 Å². The number of oxazole rings is 1. The molecule has 22 heavy (non-hydrogen) atoms. The van der Waals surface area contributed by atoms with E-state index in [1.54, 1.807) is 0 Å². The maximum absolute atomic E-state index is 5.86. The zero-order valence-corrected chi connectivity index (χ0v) is 13.5. The molecule has 0 saturated carbocycles. The van der Waals surface area contributed by atoms with E-state index >= 15 is 0 Å². The van der Waals surface area contributed by atoms with E-state index in [9.17, 15) is 0 Å². The number of aromatic nitrogens is 1. The zero-order valence-electron chi connectivity index (χ0n) is 12.6. The molecule has 1 aliphatic heterocycles. The van der Waals surface area contributed by atoms with Gasteiger partial charge < -0.3 is 10.2 Å². The van der Waals surface area contributed by atoms with Crippen molar-refractivity contribution in [2.75, 3.05) is 39.3 Å². The van der Waals surface area contributed by atoms with Crippen LogP contribution >= 0.6 is 12.4 Å². The lowest BCUT2D eigenvalue weighted by atomic mass is 10.2. The fourth-order valence-electron chi connectivity index (χ4n) is 2.66. The van der Waals surface area contributed by atoms with E-state index in [-0.39, 0.29) is 12.4 Å². The van der Waals surface area contributed by atoms with Gasteiger partial charge in [-0.2, -0.15) is 0 Å². The van der Waals surface area contributed by atoms with E-state index < -0.39 is 0 Å². The van der Waals surface area contributed by atoms with E-state index in [0.717, 1.165) is 63.0 Å². The normalized spacial score (nSPS) is 16.4. The average molecular weight is 323 g/mol. The predicted molar refractivity (Wildman–Crippen MR) is 90.0 cm³/mol. The third-order valence-electron chi connectivity index (χ3n) is 3.88. The Bertz CT molecular complexity index is 552. The van der Waals surface area contributed by atoms with E-state index in [1.165, 1.54) is 0 Å². The van der Waals surface area contributed by atoms with Gasteiger partial charge in [0.05, 0.1) is 12.7 Å². The summed E-state index contributed by atoms with van der Waals surface area (Å²) in [4.78, 5) is 9.19. The first kappa shape index (κ1) is 17.0. The van der Waals surface area contributed by atoms with Gasteiger partial charge >= 0.3 is 0 Å². The molecule has 120 valence electrons. The molecule has 1 aliphatic rings. The highest BCUT2D eigenvalue weighted by Crippen LogP contribution is 2.20. The van der Waals surface area contributed by atoms with Crippen LogP contribution in [0.25, 0.3) is 11.3 Å². The molecule has 1 aromatic carbocycles. The molecule has 0 spiro atoms. The van der Waals surface area contributed by atoms with E-state index in [4.69, 9.17) is 10.2 Å². The van der Waals surface area contributed by atoms with Crippen LogP contribution in [0.2, 0.25) is 0 Å². The fourth-order valence-corrected chi connectivity index (χ4v) is 2.66. The summed E-state index contributed by atoms with van der Waals surface area (Å²) in [5, 5.41) is 0. The highest BCUT2D eigenvalue weighted by molar-refractivity contribution is 5.85. The summed E-state index contributed by atoms with van der Waals surface area (Å²) >= 11 is 0. The van der Waals surface area contributed by atoms with Gasteiger partial charge in [0.2, 0.25) is 5.89 Å². The lowest BCUT2D eigenvalue weighted by molar-refractivity contribution is 0.122. The van der Waals surface area contributed by atoms with Crippen LogP contribution in [0, 0.1) is 0 Å². The molecule has 0 aliphatic carbocycles. The molecular weight excluding hydrogens is 300 g/mol. The van der Waals surface area contributed by atoms with Crippen molar-refractivity contribution in [3.8, 4) is 11.3 Å². The van der Waals surface area contributed by atoms with Gasteiger partial charge in [0.25, 0.3) is 0 Å². The summed E-state index contributed by atoms with van der Waals surface area (Å²) < 4.78 is 5.86. The number of nitrogens with two attached hydrogens (primary N) is 1. The monoisotopic (exact) mass is 322 g/mol. The van der Waals surface area contributed by atoms with Crippen LogP contribution in [0.5, 0.6) is 0 Å². The van der Waals surface area contributed by atoms with Gasteiger partial charge in [-0.3, -0.25) is 9.80 Å². The SMILES string of the molecule is Cl.NCCN1CCN(Cc2ncc(-c3ccccc3)o2)CC1. The molecule has 0 unspecified atom stereocenters. The third kappa shape index (κ3) is 4.30. The Morgan fingerprint density at radius 2 is 1.73 bits per heavy atom. The molecule has 0 amide bonds. The Kier molecular flexibility index (Phi) is 6.39. The van der Waals surface area contributed by atoms with Crippen molar-refractivity contribution < 1.29 is 4.42 Å². The Morgan fingerprint density at radius 3 is 2.41 bits per heavy atom. The molecule has 1 saturated heterocycles. The van der Waals surface area contributed by atoms with Gasteiger partial charge in [-0.25, -0.2) is 4.98 Å². The number of rotatable bonds is 5. The first-order valence-corrected chi connectivity index (χ1v) is 7.50. The van der Waals surface area contributed by atoms with E-state index in [2.05, 4.69) is 14.8 Å². The molecule has 5 nitrogen and oxygen atoms in total. The smallest absolute Gasteiger partial charge is 0.209 e. The maximum atomic E-state index is 5.86. The lowest BCUT2D eigenvalue weighted by Crippen LogP contribution is -2.47. The topological polar surface area (TPSA) is 58.5 Å². The molecule has 6 heteroatoms. The summed E-state index contributed by atoms with van der Waals surface area (Å²) in [6.45, 7) is 6.74. The first-order valence-electron chi connectivity index (χ1n) is 7.50. The van der Waals surface area contributed by atoms with Gasteiger partial charge in [-0.1, -0.05) is 30.3 Å². The quantitative estimate of drug-likeness (QED) is 0.910. The Labute approximate surface area is 137 Å². The first-order chi connectivity index (χ1) is 10.3. The summed E-state index contributed by atoms with van der Waals surface area (Å²) in [5.74, 6) is 1.63. The number of hydrogen-bond acceptors (Lipinski definition) is 5. The number of benzene rings is 1. The number of nitrogens with zero attached hydrogens (tertiary/aromatic N) is 3. The molecule has 0 bridgehead atoms. The largest absolute Gasteiger partial charge is 0.439 e. The third-order valence-corrected chi connectivity index (χ3v) is 3.88. The van der Waals surface area contributed by atoms with Gasteiger partial charge in [0.1, 0.15) is 0 Å². The van der Waals surface area contributed by atoms with Crippen molar-refractivity contribution in [1.29, 1.82) is 0 Å². The van der Waals surface area contributed by atoms with Gasteiger partial charge in [0, 0.05) is 44.8 Å². The summed E-state index contributed by atoms with van der Waals surface area (Å²) in [5.41, 5.74) is 6.67. The van der Waals surface area contributed by atoms with Crippen molar-refractivity contribution in [3.63, 3.8) is 0 Å². The molecule has 2 heterocycles. The van der Waals surface area contributed by atoms with Crippen LogP contribution in [0.15, 0.2) is 40.9 Å². The minimum absolute atomic E-state index is 0. The predicted octanol–water partition coefficient (Wildman–Crippen LogP) is 1.84. The van der Waals surface area contributed by atoms with Gasteiger partial charge in [-0.15, -0.1) is 12.4 Å². The molecule has 0 atom stereocenters. The summed E-state index contributed by atoms with van der Waals surface area (Å²) in [6.07, 6.45) is 1.81. The van der Waals surface area contributed by atoms with E-state index in [1.807, 2.05) is 36.5 Å². The Morgan fingerprint density at radius 1 is 1.05 bits per heavy atom. The second kappa shape index (κ2) is 8.29. The fraction of sp³-hybridized carbons (Fsp3) is 0.438. The number of halogens is 1. The minimum Gasteiger partial charge on any atom is -0.439 e. The Hall–Kier alpha value is -1.40. The molecule has 1 aromatic heterocycles. The van der Waals surface area contributed by atoms with Crippen LogP contribution in [0.1, 0.15) is 5.89 Å². The van der Waals surface area contributed by atoms with Gasteiger partial charge in [0.15, 0.2) is 5.76 Å². The van der Waals surface area contributed by atoms with Gasteiger partial charge in [-0.05, 0) is 0 Å². The van der Waals surface area contributed by atoms with Crippen molar-refractivity contribution in [1.82, 2.24) is 14.8 Å². The van der Waals surface area contributed by atoms with Crippen LogP contribution in [0.4, 0.5) is 0 Å². The molecule has 1 fully saturated rings. The number of piperazine rings is 1. The molecule has 3 rings (SSSR count).